The first-order valence-corrected chi connectivity index (χ1v) is 4.39. The predicted molar refractivity (Wildman–Crippen MR) is 52.2 cm³/mol. The minimum absolute atomic E-state index is 1.00. The van der Waals surface area contributed by atoms with E-state index >= 15 is 0 Å². The maximum atomic E-state index is 8.52. The van der Waals surface area contributed by atoms with Crippen LogP contribution in [-0.4, -0.2) is 14.1 Å². The van der Waals surface area contributed by atoms with Gasteiger partial charge in [0.2, 0.25) is 0 Å². The van der Waals surface area contributed by atoms with Crippen molar-refractivity contribution in [3.05, 3.63) is 24.3 Å². The van der Waals surface area contributed by atoms with Crippen LogP contribution >= 0.6 is 11.8 Å². The molecule has 0 saturated carbocycles. The fourth-order valence-electron chi connectivity index (χ4n) is 0.962. The van der Waals surface area contributed by atoms with E-state index in [4.69, 9.17) is 5.26 Å². The third kappa shape index (κ3) is 1.93. The number of hydrogen-bond donors (Lipinski definition) is 0. The smallest absolute Gasteiger partial charge is 0.138 e. The van der Waals surface area contributed by atoms with E-state index in [1.165, 1.54) is 11.8 Å². The van der Waals surface area contributed by atoms with E-state index < -0.39 is 0 Å². The summed E-state index contributed by atoms with van der Waals surface area (Å²) in [5.41, 5.74) is 1.09. The zero-order valence-electron chi connectivity index (χ0n) is 7.11. The van der Waals surface area contributed by atoms with Crippen LogP contribution < -0.4 is 4.90 Å². The van der Waals surface area contributed by atoms with Crippen molar-refractivity contribution >= 4 is 17.4 Å². The normalized spacial score (nSPS) is 9.08. The van der Waals surface area contributed by atoms with Crippen molar-refractivity contribution in [3.63, 3.8) is 0 Å². The van der Waals surface area contributed by atoms with Gasteiger partial charge in [-0.2, -0.15) is 5.26 Å². The Hall–Kier alpha value is -1.14. The second-order valence-electron chi connectivity index (χ2n) is 2.56. The highest BCUT2D eigenvalue weighted by atomic mass is 32.2. The monoisotopic (exact) mass is 178 g/mol. The molecule has 0 aliphatic rings. The van der Waals surface area contributed by atoms with Crippen molar-refractivity contribution in [1.82, 2.24) is 0 Å². The predicted octanol–water partition coefficient (Wildman–Crippen LogP) is 2.33. The zero-order valence-corrected chi connectivity index (χ0v) is 7.93. The molecule has 1 aromatic carbocycles. The van der Waals surface area contributed by atoms with Crippen molar-refractivity contribution in [2.45, 2.75) is 4.90 Å². The number of hydrogen-bond acceptors (Lipinski definition) is 3. The Morgan fingerprint density at radius 3 is 2.58 bits per heavy atom. The van der Waals surface area contributed by atoms with Gasteiger partial charge in [-0.15, -0.1) is 0 Å². The maximum absolute atomic E-state index is 8.52. The summed E-state index contributed by atoms with van der Waals surface area (Å²) in [6.45, 7) is 0. The van der Waals surface area contributed by atoms with E-state index in [0.717, 1.165) is 10.6 Å². The van der Waals surface area contributed by atoms with E-state index in [1.54, 1.807) is 0 Å². The van der Waals surface area contributed by atoms with E-state index in [1.807, 2.05) is 43.3 Å². The highest BCUT2D eigenvalue weighted by molar-refractivity contribution is 8.03. The number of rotatable bonds is 2. The van der Waals surface area contributed by atoms with Gasteiger partial charge in [0.25, 0.3) is 0 Å². The molecule has 3 heteroatoms. The summed E-state index contributed by atoms with van der Waals surface area (Å²) >= 11 is 1.19. The Bertz CT molecular complexity index is 302. The third-order valence-corrected chi connectivity index (χ3v) is 2.16. The molecule has 2 nitrogen and oxygen atoms in total. The molecule has 62 valence electrons. The van der Waals surface area contributed by atoms with Crippen LogP contribution in [0.1, 0.15) is 0 Å². The molecule has 0 aliphatic heterocycles. The largest absolute Gasteiger partial charge is 0.377 e. The standard InChI is InChI=1S/C9H10N2S/c1-11(2)8-5-3-4-6-9(8)12-7-10/h3-6H,1-2H3. The first kappa shape index (κ1) is 8.95. The lowest BCUT2D eigenvalue weighted by atomic mass is 10.3. The summed E-state index contributed by atoms with van der Waals surface area (Å²) in [6, 6.07) is 7.85. The first-order valence-electron chi connectivity index (χ1n) is 3.58. The Balaban J connectivity index is 3.02. The lowest BCUT2D eigenvalue weighted by Crippen LogP contribution is -2.09. The van der Waals surface area contributed by atoms with Crippen LogP contribution in [-0.2, 0) is 0 Å². The Morgan fingerprint density at radius 2 is 2.00 bits per heavy atom. The van der Waals surface area contributed by atoms with Gasteiger partial charge < -0.3 is 4.90 Å². The highest BCUT2D eigenvalue weighted by Crippen LogP contribution is 2.27. The van der Waals surface area contributed by atoms with E-state index in [0.29, 0.717) is 0 Å². The minimum atomic E-state index is 1.00. The lowest BCUT2D eigenvalue weighted by Gasteiger charge is -2.14. The Morgan fingerprint density at radius 1 is 1.33 bits per heavy atom. The molecule has 0 saturated heterocycles. The van der Waals surface area contributed by atoms with E-state index in [2.05, 4.69) is 5.40 Å². The summed E-state index contributed by atoms with van der Waals surface area (Å²) in [4.78, 5) is 3.00. The van der Waals surface area contributed by atoms with Crippen molar-refractivity contribution in [3.8, 4) is 5.40 Å². The van der Waals surface area contributed by atoms with Gasteiger partial charge in [0.05, 0.1) is 5.69 Å². The van der Waals surface area contributed by atoms with Crippen LogP contribution in [0.4, 0.5) is 5.69 Å². The summed E-state index contributed by atoms with van der Waals surface area (Å²) < 4.78 is 0. The molecule has 0 heterocycles. The molecule has 0 amide bonds. The quantitative estimate of drug-likeness (QED) is 0.513. The van der Waals surface area contributed by atoms with Gasteiger partial charge in [-0.25, -0.2) is 0 Å². The van der Waals surface area contributed by atoms with Crippen LogP contribution in [0.15, 0.2) is 29.2 Å². The SMILES string of the molecule is CN(C)c1ccccc1SC#N. The number of anilines is 1. The molecule has 0 bridgehead atoms. The second-order valence-corrected chi connectivity index (χ2v) is 3.38. The molecule has 0 N–H and O–H groups in total. The lowest BCUT2D eigenvalue weighted by molar-refractivity contribution is 1.10. The van der Waals surface area contributed by atoms with Gasteiger partial charge in [-0.3, -0.25) is 0 Å². The minimum Gasteiger partial charge on any atom is -0.377 e. The number of nitriles is 1. The average Bonchev–Trinajstić information content (AvgIpc) is 2.05. The molecule has 0 spiro atoms. The first-order chi connectivity index (χ1) is 5.75. The fourth-order valence-corrected chi connectivity index (χ4v) is 1.56. The zero-order chi connectivity index (χ0) is 8.97. The average molecular weight is 178 g/mol. The van der Waals surface area contributed by atoms with Crippen LogP contribution in [0, 0.1) is 10.7 Å². The van der Waals surface area contributed by atoms with Crippen LogP contribution in [0.25, 0.3) is 0 Å². The summed E-state index contributed by atoms with van der Waals surface area (Å²) in [6.07, 6.45) is 0. The number of thiocyanates is 1. The second kappa shape index (κ2) is 4.03. The highest BCUT2D eigenvalue weighted by Gasteiger charge is 2.02. The van der Waals surface area contributed by atoms with Gasteiger partial charge in [-0.05, 0) is 23.9 Å². The number of para-hydroxylation sites is 1. The van der Waals surface area contributed by atoms with Gasteiger partial charge in [0.1, 0.15) is 5.40 Å². The van der Waals surface area contributed by atoms with Crippen molar-refractivity contribution < 1.29 is 0 Å². The number of benzene rings is 1. The Kier molecular flexibility index (Phi) is 3.01. The van der Waals surface area contributed by atoms with Crippen LogP contribution in [0.2, 0.25) is 0 Å². The van der Waals surface area contributed by atoms with Crippen LogP contribution in [0.5, 0.6) is 0 Å². The van der Waals surface area contributed by atoms with Gasteiger partial charge >= 0.3 is 0 Å². The van der Waals surface area contributed by atoms with Gasteiger partial charge in [-0.1, -0.05) is 12.1 Å². The molecule has 0 fully saturated rings. The molecule has 12 heavy (non-hydrogen) atoms. The summed E-state index contributed by atoms with van der Waals surface area (Å²) in [5.74, 6) is 0. The fraction of sp³-hybridized carbons (Fsp3) is 0.222. The molecule has 0 unspecified atom stereocenters. The van der Waals surface area contributed by atoms with Crippen molar-refractivity contribution in [2.75, 3.05) is 19.0 Å². The molecule has 1 rings (SSSR count). The summed E-state index contributed by atoms with van der Waals surface area (Å²) in [5, 5.41) is 10.6. The molecule has 0 radical (unpaired) electrons. The molecule has 0 aliphatic carbocycles. The van der Waals surface area contributed by atoms with Gasteiger partial charge in [0.15, 0.2) is 0 Å². The summed E-state index contributed by atoms with van der Waals surface area (Å²) in [7, 11) is 3.94. The third-order valence-electron chi connectivity index (χ3n) is 1.50. The van der Waals surface area contributed by atoms with Crippen molar-refractivity contribution in [1.29, 1.82) is 5.26 Å². The van der Waals surface area contributed by atoms with E-state index in [-0.39, 0.29) is 0 Å². The molecule has 1 aromatic rings. The topological polar surface area (TPSA) is 27.0 Å². The number of thioether (sulfide) groups is 1. The maximum Gasteiger partial charge on any atom is 0.138 e. The molecule has 0 aromatic heterocycles. The van der Waals surface area contributed by atoms with E-state index in [9.17, 15) is 0 Å². The van der Waals surface area contributed by atoms with Gasteiger partial charge in [0, 0.05) is 19.0 Å². The molecular formula is C9H10N2S. The Labute approximate surface area is 76.8 Å². The van der Waals surface area contributed by atoms with Crippen molar-refractivity contribution in [2.24, 2.45) is 0 Å². The molecule has 0 atom stereocenters. The number of nitrogens with zero attached hydrogens (tertiary/aromatic N) is 2. The molecular weight excluding hydrogens is 168 g/mol. The van der Waals surface area contributed by atoms with Crippen LogP contribution in [0.3, 0.4) is 0 Å².